The second kappa shape index (κ2) is 6.79. The van der Waals surface area contributed by atoms with E-state index in [1.54, 1.807) is 6.20 Å². The first-order valence-corrected chi connectivity index (χ1v) is 7.48. The highest BCUT2D eigenvalue weighted by Gasteiger charge is 2.44. The minimum Gasteiger partial charge on any atom is -0.456 e. The first-order chi connectivity index (χ1) is 11.5. The third kappa shape index (κ3) is 3.43. The lowest BCUT2D eigenvalue weighted by molar-refractivity contribution is -0.163. The summed E-state index contributed by atoms with van der Waals surface area (Å²) in [6.45, 7) is 2.71. The van der Waals surface area contributed by atoms with Crippen molar-refractivity contribution < 1.29 is 23.8 Å². The van der Waals surface area contributed by atoms with Crippen LogP contribution in [0.5, 0.6) is 0 Å². The van der Waals surface area contributed by atoms with Crippen molar-refractivity contribution in [1.82, 2.24) is 15.0 Å². The maximum atomic E-state index is 11.4. The Hall–Kier alpha value is -2.74. The first-order valence-electron chi connectivity index (χ1n) is 7.48. The van der Waals surface area contributed by atoms with Gasteiger partial charge in [0.2, 0.25) is 0 Å². The molecule has 3 atom stereocenters. The number of benzene rings is 1. The van der Waals surface area contributed by atoms with Gasteiger partial charge in [0.15, 0.2) is 12.2 Å². The van der Waals surface area contributed by atoms with Crippen molar-refractivity contribution in [2.45, 2.75) is 32.2 Å². The van der Waals surface area contributed by atoms with Gasteiger partial charge in [0.25, 0.3) is 0 Å². The first kappa shape index (κ1) is 16.1. The molecule has 3 rings (SSSR count). The highest BCUT2D eigenvalue weighted by molar-refractivity contribution is 5.67. The van der Waals surface area contributed by atoms with E-state index >= 15 is 0 Å². The summed E-state index contributed by atoms with van der Waals surface area (Å²) in [7, 11) is 0. The van der Waals surface area contributed by atoms with Crippen LogP contribution in [0.4, 0.5) is 0 Å². The zero-order valence-electron chi connectivity index (χ0n) is 13.3. The fraction of sp³-hybridized carbons (Fsp3) is 0.375. The molecule has 8 heteroatoms. The molecule has 2 heterocycles. The Balaban J connectivity index is 1.83. The monoisotopic (exact) mass is 331 g/mol. The van der Waals surface area contributed by atoms with E-state index in [1.165, 1.54) is 18.6 Å². The lowest BCUT2D eigenvalue weighted by Gasteiger charge is -2.20. The topological polar surface area (TPSA) is 92.5 Å². The molecule has 0 amide bonds. The molecular formula is C16H17N3O5. The maximum absolute atomic E-state index is 11.4. The predicted octanol–water partition coefficient (Wildman–Crippen LogP) is 1.20. The zero-order chi connectivity index (χ0) is 17.1. The Morgan fingerprint density at radius 2 is 1.88 bits per heavy atom. The molecule has 1 saturated heterocycles. The Morgan fingerprint density at radius 3 is 2.54 bits per heavy atom. The van der Waals surface area contributed by atoms with Gasteiger partial charge in [-0.1, -0.05) is 18.2 Å². The smallest absolute Gasteiger partial charge is 0.303 e. The lowest BCUT2D eigenvalue weighted by Crippen LogP contribution is -2.34. The number of ether oxygens (including phenoxy) is 3. The highest BCUT2D eigenvalue weighted by Crippen LogP contribution is 2.32. The largest absolute Gasteiger partial charge is 0.456 e. The van der Waals surface area contributed by atoms with Crippen LogP contribution < -0.4 is 0 Å². The van der Waals surface area contributed by atoms with Crippen LogP contribution in [0.15, 0.2) is 36.5 Å². The number of hydrogen-bond donors (Lipinski definition) is 0. The Labute approximate surface area is 138 Å². The molecule has 0 aliphatic carbocycles. The van der Waals surface area contributed by atoms with Gasteiger partial charge in [-0.3, -0.25) is 9.59 Å². The van der Waals surface area contributed by atoms with Crippen LogP contribution in [0.1, 0.15) is 25.6 Å². The molecule has 0 unspecified atom stereocenters. The van der Waals surface area contributed by atoms with Crippen molar-refractivity contribution >= 4 is 11.9 Å². The zero-order valence-corrected chi connectivity index (χ0v) is 13.3. The van der Waals surface area contributed by atoms with Crippen molar-refractivity contribution in [2.75, 3.05) is 6.61 Å². The van der Waals surface area contributed by atoms with Crippen LogP contribution in [0.3, 0.4) is 0 Å². The molecule has 0 saturated carbocycles. The van der Waals surface area contributed by atoms with Crippen molar-refractivity contribution in [2.24, 2.45) is 0 Å². The Kier molecular flexibility index (Phi) is 4.57. The van der Waals surface area contributed by atoms with Crippen molar-refractivity contribution in [3.05, 3.63) is 42.2 Å². The third-order valence-electron chi connectivity index (χ3n) is 3.51. The summed E-state index contributed by atoms with van der Waals surface area (Å²) in [5.74, 6) is -0.947. The second-order valence-corrected chi connectivity index (χ2v) is 5.37. The summed E-state index contributed by atoms with van der Waals surface area (Å²) in [5.41, 5.74) is 1.29. The van der Waals surface area contributed by atoms with E-state index in [2.05, 4.69) is 10.2 Å². The molecule has 1 aliphatic rings. The number of rotatable bonds is 4. The summed E-state index contributed by atoms with van der Waals surface area (Å²) in [6.07, 6.45) is -0.522. The van der Waals surface area contributed by atoms with Crippen LogP contribution in [0, 0.1) is 0 Å². The molecule has 0 radical (unpaired) electrons. The molecule has 0 spiro atoms. The van der Waals surface area contributed by atoms with Crippen LogP contribution >= 0.6 is 0 Å². The van der Waals surface area contributed by atoms with Crippen LogP contribution in [0.25, 0.3) is 5.69 Å². The molecule has 126 valence electrons. The number of para-hydroxylation sites is 1. The molecule has 0 bridgehead atoms. The summed E-state index contributed by atoms with van der Waals surface area (Å²) < 4.78 is 16.1. The number of aromatic nitrogens is 3. The van der Waals surface area contributed by atoms with Gasteiger partial charge in [0.05, 0.1) is 18.5 Å². The van der Waals surface area contributed by atoms with Crippen molar-refractivity contribution in [3.8, 4) is 5.69 Å². The average molecular weight is 331 g/mol. The standard InChI is InChI=1S/C16H17N3O5/c1-10(20)23-14-9-22-15(16(14)24-11(2)21)13-8-17-19(18-13)12-6-4-3-5-7-12/h3-8,14-16H,9H2,1-2H3/t14-,15+,16+/m1/s1. The minimum atomic E-state index is -0.757. The Morgan fingerprint density at radius 1 is 1.17 bits per heavy atom. The van der Waals surface area contributed by atoms with Crippen LogP contribution in [-0.2, 0) is 23.8 Å². The summed E-state index contributed by atoms with van der Waals surface area (Å²) in [4.78, 5) is 24.0. The van der Waals surface area contributed by atoms with Gasteiger partial charge in [-0.15, -0.1) is 0 Å². The molecule has 8 nitrogen and oxygen atoms in total. The fourth-order valence-electron chi connectivity index (χ4n) is 2.57. The van der Waals surface area contributed by atoms with E-state index in [1.807, 2.05) is 30.3 Å². The lowest BCUT2D eigenvalue weighted by atomic mass is 10.1. The van der Waals surface area contributed by atoms with E-state index < -0.39 is 30.3 Å². The van der Waals surface area contributed by atoms with Gasteiger partial charge in [0.1, 0.15) is 11.8 Å². The van der Waals surface area contributed by atoms with E-state index in [0.29, 0.717) is 5.69 Å². The Bertz CT molecular complexity index is 730. The molecular weight excluding hydrogens is 314 g/mol. The van der Waals surface area contributed by atoms with Crippen LogP contribution in [-0.4, -0.2) is 45.7 Å². The van der Waals surface area contributed by atoms with E-state index in [9.17, 15) is 9.59 Å². The SMILES string of the molecule is CC(=O)O[C@H]1[C@H](OC(C)=O)CO[C@H]1c1cnn(-c2ccccc2)n1. The predicted molar refractivity (Wildman–Crippen MR) is 81.2 cm³/mol. The average Bonchev–Trinajstić information content (AvgIpc) is 3.15. The molecule has 1 aromatic heterocycles. The van der Waals surface area contributed by atoms with Gasteiger partial charge < -0.3 is 14.2 Å². The van der Waals surface area contributed by atoms with Gasteiger partial charge in [-0.05, 0) is 12.1 Å². The summed E-state index contributed by atoms with van der Waals surface area (Å²) >= 11 is 0. The quantitative estimate of drug-likeness (QED) is 0.777. The number of nitrogens with zero attached hydrogens (tertiary/aromatic N) is 3. The molecule has 0 N–H and O–H groups in total. The molecule has 1 fully saturated rings. The van der Waals surface area contributed by atoms with Gasteiger partial charge >= 0.3 is 11.9 Å². The van der Waals surface area contributed by atoms with E-state index in [4.69, 9.17) is 14.2 Å². The number of hydrogen-bond acceptors (Lipinski definition) is 7. The summed E-state index contributed by atoms with van der Waals surface area (Å²) in [6, 6.07) is 9.38. The molecule has 24 heavy (non-hydrogen) atoms. The highest BCUT2D eigenvalue weighted by atomic mass is 16.6. The van der Waals surface area contributed by atoms with Crippen molar-refractivity contribution in [3.63, 3.8) is 0 Å². The fourth-order valence-corrected chi connectivity index (χ4v) is 2.57. The number of carbonyl (C=O) groups excluding carboxylic acids is 2. The van der Waals surface area contributed by atoms with Crippen molar-refractivity contribution in [1.29, 1.82) is 0 Å². The minimum absolute atomic E-state index is 0.125. The molecule has 1 aliphatic heterocycles. The maximum Gasteiger partial charge on any atom is 0.303 e. The van der Waals surface area contributed by atoms with Crippen LogP contribution in [0.2, 0.25) is 0 Å². The van der Waals surface area contributed by atoms with Gasteiger partial charge in [-0.2, -0.15) is 15.0 Å². The second-order valence-electron chi connectivity index (χ2n) is 5.37. The number of esters is 2. The third-order valence-corrected chi connectivity index (χ3v) is 3.51. The van der Waals surface area contributed by atoms with E-state index in [-0.39, 0.29) is 6.61 Å². The summed E-state index contributed by atoms with van der Waals surface area (Å²) in [5, 5.41) is 8.59. The molecule has 1 aromatic carbocycles. The normalized spacial score (nSPS) is 23.0. The van der Waals surface area contributed by atoms with Gasteiger partial charge in [-0.25, -0.2) is 0 Å². The number of carbonyl (C=O) groups is 2. The molecule has 2 aromatic rings. The van der Waals surface area contributed by atoms with Gasteiger partial charge in [0, 0.05) is 13.8 Å². The van der Waals surface area contributed by atoms with E-state index in [0.717, 1.165) is 5.69 Å².